The lowest BCUT2D eigenvalue weighted by Gasteiger charge is -2.48. The van der Waals surface area contributed by atoms with Gasteiger partial charge in [0.05, 0.1) is 54.6 Å². The predicted molar refractivity (Wildman–Crippen MR) is 143 cm³/mol. The highest BCUT2D eigenvalue weighted by Crippen LogP contribution is 2.40. The van der Waals surface area contributed by atoms with Crippen molar-refractivity contribution in [1.82, 2.24) is 44.5 Å². The Morgan fingerprint density at radius 2 is 1.85 bits per heavy atom. The molecule has 3 N–H and O–H groups in total. The Morgan fingerprint density at radius 1 is 1.07 bits per heavy atom. The van der Waals surface area contributed by atoms with Gasteiger partial charge in [-0.1, -0.05) is 18.2 Å². The highest BCUT2D eigenvalue weighted by molar-refractivity contribution is 6.00. The van der Waals surface area contributed by atoms with Gasteiger partial charge >= 0.3 is 0 Å². The summed E-state index contributed by atoms with van der Waals surface area (Å²) in [6.07, 6.45) is 7.82. The number of ether oxygens (including phenoxy) is 1. The molecule has 1 aromatic carbocycles. The molecule has 2 bridgehead atoms. The van der Waals surface area contributed by atoms with Crippen LogP contribution in [0, 0.1) is 0 Å². The second-order valence-electron chi connectivity index (χ2n) is 10.2. The number of benzene rings is 1. The number of Topliss-reactive ketones (excluding diaryl/α,β-unsaturated/α-hetero) is 1. The number of carbonyl (C=O) groups excluding carboxylic acids is 2. The van der Waals surface area contributed by atoms with E-state index in [-0.39, 0.29) is 41.3 Å². The maximum absolute atomic E-state index is 13.2. The number of piperidine rings is 1. The molecule has 2 unspecified atom stereocenters. The zero-order valence-electron chi connectivity index (χ0n) is 21.6. The molecule has 202 valence electrons. The fourth-order valence-corrected chi connectivity index (χ4v) is 5.98. The molecule has 2 fully saturated rings. The van der Waals surface area contributed by atoms with Crippen LogP contribution in [0.25, 0.3) is 22.5 Å². The second-order valence-corrected chi connectivity index (χ2v) is 10.2. The highest BCUT2D eigenvalue weighted by atomic mass is 16.5. The molecular formula is C27H26N10O3. The van der Waals surface area contributed by atoms with E-state index in [0.717, 1.165) is 16.8 Å². The van der Waals surface area contributed by atoms with Crippen molar-refractivity contribution in [1.29, 1.82) is 0 Å². The van der Waals surface area contributed by atoms with Gasteiger partial charge in [0.15, 0.2) is 11.4 Å². The maximum atomic E-state index is 13.2. The molecule has 0 saturated carbocycles. The fraction of sp³-hybridized carbons (Fsp3) is 0.296. The molecule has 2 saturated heterocycles. The highest BCUT2D eigenvalue weighted by Gasteiger charge is 2.44. The van der Waals surface area contributed by atoms with Gasteiger partial charge in [-0.3, -0.25) is 14.7 Å². The van der Waals surface area contributed by atoms with E-state index in [1.165, 1.54) is 17.8 Å². The standard InChI is InChI=1S/C27H26N10O3/c1-15(38)22-23(16-7-19-12-40-13-20(8-16)36(19)27(39)25-29-14-30-34-25)33-26-21(10-32-37(26)24(22)28)17-9-31-35(11-17)18-5-3-2-4-6-18/h2-6,9-11,14,16,19-20H,7-8,12-13,28H2,1H3,(H,29,30,34). The van der Waals surface area contributed by atoms with E-state index < -0.39 is 0 Å². The Labute approximate surface area is 228 Å². The largest absolute Gasteiger partial charge is 0.383 e. The molecule has 7 rings (SSSR count). The van der Waals surface area contributed by atoms with Crippen LogP contribution in [0.3, 0.4) is 0 Å². The van der Waals surface area contributed by atoms with Gasteiger partial charge in [-0.05, 0) is 31.9 Å². The summed E-state index contributed by atoms with van der Waals surface area (Å²) >= 11 is 0. The summed E-state index contributed by atoms with van der Waals surface area (Å²) < 4.78 is 9.12. The number of carbonyl (C=O) groups is 2. The SMILES string of the molecule is CC(=O)c1c(C2CC3COCC(C2)N3C(=O)c2ncn[nH]2)nc2c(-c3cnn(-c4ccccc4)c3)cnn2c1N. The van der Waals surface area contributed by atoms with Crippen LogP contribution in [0.2, 0.25) is 0 Å². The van der Waals surface area contributed by atoms with Crippen molar-refractivity contribution in [3.8, 4) is 16.8 Å². The van der Waals surface area contributed by atoms with Gasteiger partial charge in [-0.15, -0.1) is 0 Å². The first-order chi connectivity index (χ1) is 19.5. The number of nitrogen functional groups attached to an aromatic ring is 1. The average molecular weight is 539 g/mol. The van der Waals surface area contributed by atoms with E-state index in [2.05, 4.69) is 25.4 Å². The number of nitrogens with two attached hydrogens (primary N) is 1. The molecule has 5 aromatic rings. The number of fused-ring (bicyclic) bond motifs is 3. The van der Waals surface area contributed by atoms with Crippen molar-refractivity contribution in [2.45, 2.75) is 37.8 Å². The van der Waals surface area contributed by atoms with Crippen LogP contribution >= 0.6 is 0 Å². The molecule has 4 aromatic heterocycles. The summed E-state index contributed by atoms with van der Waals surface area (Å²) in [5.41, 5.74) is 10.6. The van der Waals surface area contributed by atoms with Crippen LogP contribution in [0.4, 0.5) is 5.82 Å². The Kier molecular flexibility index (Phi) is 5.66. The van der Waals surface area contributed by atoms with E-state index in [1.54, 1.807) is 17.1 Å². The fourth-order valence-electron chi connectivity index (χ4n) is 5.98. The lowest BCUT2D eigenvalue weighted by molar-refractivity contribution is -0.0624. The number of morpholine rings is 1. The summed E-state index contributed by atoms with van der Waals surface area (Å²) in [4.78, 5) is 37.0. The summed E-state index contributed by atoms with van der Waals surface area (Å²) in [5, 5.41) is 15.5. The van der Waals surface area contributed by atoms with E-state index in [0.29, 0.717) is 43.0 Å². The zero-order valence-corrected chi connectivity index (χ0v) is 21.6. The minimum absolute atomic E-state index is 0.112. The number of aromatic amines is 1. The predicted octanol–water partition coefficient (Wildman–Crippen LogP) is 2.27. The Balaban J connectivity index is 1.28. The number of para-hydroxylation sites is 1. The van der Waals surface area contributed by atoms with Crippen molar-refractivity contribution in [2.75, 3.05) is 18.9 Å². The van der Waals surface area contributed by atoms with Crippen molar-refractivity contribution < 1.29 is 14.3 Å². The van der Waals surface area contributed by atoms with Gasteiger partial charge in [0.25, 0.3) is 5.91 Å². The van der Waals surface area contributed by atoms with Crippen LogP contribution in [0.1, 0.15) is 52.4 Å². The number of aromatic nitrogens is 8. The molecule has 1 amide bonds. The number of hydrogen-bond acceptors (Lipinski definition) is 9. The van der Waals surface area contributed by atoms with E-state index in [9.17, 15) is 9.59 Å². The second kappa shape index (κ2) is 9.38. The number of H-pyrrole nitrogens is 1. The van der Waals surface area contributed by atoms with E-state index in [1.807, 2.05) is 41.4 Å². The number of rotatable bonds is 5. The Hall–Kier alpha value is -4.91. The smallest absolute Gasteiger partial charge is 0.291 e. The lowest BCUT2D eigenvalue weighted by Crippen LogP contribution is -2.59. The third-order valence-corrected chi connectivity index (χ3v) is 7.74. The summed E-state index contributed by atoms with van der Waals surface area (Å²) in [5.74, 6) is -0.0622. The first-order valence-electron chi connectivity index (χ1n) is 13.0. The molecule has 13 nitrogen and oxygen atoms in total. The Bertz CT molecular complexity index is 1710. The minimum Gasteiger partial charge on any atom is -0.383 e. The number of nitrogens with one attached hydrogen (secondary N) is 1. The quantitative estimate of drug-likeness (QED) is 0.320. The molecule has 2 aliphatic rings. The minimum atomic E-state index is -0.211. The van der Waals surface area contributed by atoms with Crippen LogP contribution in [-0.2, 0) is 4.74 Å². The van der Waals surface area contributed by atoms with Crippen molar-refractivity contribution in [3.63, 3.8) is 0 Å². The van der Waals surface area contributed by atoms with Crippen molar-refractivity contribution >= 4 is 23.2 Å². The van der Waals surface area contributed by atoms with Gasteiger partial charge in [0.1, 0.15) is 12.1 Å². The van der Waals surface area contributed by atoms with Gasteiger partial charge in [0.2, 0.25) is 5.82 Å². The van der Waals surface area contributed by atoms with E-state index in [4.69, 9.17) is 15.5 Å². The van der Waals surface area contributed by atoms with Gasteiger partial charge in [-0.2, -0.15) is 19.8 Å². The molecule has 40 heavy (non-hydrogen) atoms. The first-order valence-corrected chi connectivity index (χ1v) is 13.0. The zero-order chi connectivity index (χ0) is 27.4. The normalized spacial score (nSPS) is 20.6. The number of amides is 1. The lowest BCUT2D eigenvalue weighted by atomic mass is 9.81. The summed E-state index contributed by atoms with van der Waals surface area (Å²) in [6.45, 7) is 2.26. The van der Waals surface area contributed by atoms with Crippen molar-refractivity contribution in [2.24, 2.45) is 0 Å². The Morgan fingerprint density at radius 3 is 2.55 bits per heavy atom. The third kappa shape index (κ3) is 3.85. The average Bonchev–Trinajstić information content (AvgIpc) is 3.73. The van der Waals surface area contributed by atoms with Crippen LogP contribution in [0.15, 0.2) is 55.2 Å². The number of hydrogen-bond donors (Lipinski definition) is 2. The molecule has 0 radical (unpaired) electrons. The van der Waals surface area contributed by atoms with Gasteiger partial charge in [-0.25, -0.2) is 14.6 Å². The van der Waals surface area contributed by atoms with Crippen LogP contribution < -0.4 is 5.73 Å². The maximum Gasteiger partial charge on any atom is 0.291 e. The topological polar surface area (TPSA) is 162 Å². The van der Waals surface area contributed by atoms with Gasteiger partial charge in [0, 0.05) is 23.2 Å². The number of nitrogens with zero attached hydrogens (tertiary/aromatic N) is 8. The molecule has 2 aliphatic heterocycles. The third-order valence-electron chi connectivity index (χ3n) is 7.74. The van der Waals surface area contributed by atoms with E-state index >= 15 is 0 Å². The summed E-state index contributed by atoms with van der Waals surface area (Å²) in [7, 11) is 0. The molecule has 2 atom stereocenters. The number of anilines is 1. The first kappa shape index (κ1) is 24.2. The number of ketones is 1. The van der Waals surface area contributed by atoms with Crippen LogP contribution in [-0.4, -0.2) is 81.4 Å². The summed E-state index contributed by atoms with van der Waals surface area (Å²) in [6, 6.07) is 9.39. The van der Waals surface area contributed by atoms with Gasteiger partial charge < -0.3 is 15.4 Å². The molecule has 13 heteroatoms. The molecule has 0 spiro atoms. The van der Waals surface area contributed by atoms with Crippen LogP contribution in [0.5, 0.6) is 0 Å². The van der Waals surface area contributed by atoms with Crippen molar-refractivity contribution in [3.05, 3.63) is 72.3 Å². The molecular weight excluding hydrogens is 512 g/mol. The molecule has 6 heterocycles. The monoisotopic (exact) mass is 538 g/mol. The molecule has 0 aliphatic carbocycles.